The Kier molecular flexibility index (Phi) is 7.17. The summed E-state index contributed by atoms with van der Waals surface area (Å²) in [5.41, 5.74) is 0. The molecule has 0 N–H and O–H groups in total. The molecule has 0 atom stereocenters. The molecule has 1 aromatic rings. The van der Waals surface area contributed by atoms with Crippen LogP contribution in [0.15, 0.2) is 30.3 Å². The zero-order chi connectivity index (χ0) is 14.8. The molecule has 1 rings (SSSR count). The molecule has 0 heterocycles. The van der Waals surface area contributed by atoms with Gasteiger partial charge >= 0.3 is 5.97 Å². The van der Waals surface area contributed by atoms with E-state index in [0.717, 1.165) is 5.75 Å². The number of rotatable bonds is 8. The number of carbonyl (C=O) groups is 2. The van der Waals surface area contributed by atoms with Crippen molar-refractivity contribution in [2.45, 2.75) is 19.8 Å². The summed E-state index contributed by atoms with van der Waals surface area (Å²) in [6.07, 6.45) is 0.504. The zero-order valence-corrected chi connectivity index (χ0v) is 12.0. The average Bonchev–Trinajstić information content (AvgIpc) is 2.46. The number of carbonyl (C=O) groups excluding carboxylic acids is 2. The highest BCUT2D eigenvalue weighted by Gasteiger charge is 2.11. The van der Waals surface area contributed by atoms with Gasteiger partial charge in [-0.25, -0.2) is 0 Å². The molecule has 0 aliphatic heterocycles. The Morgan fingerprint density at radius 3 is 2.50 bits per heavy atom. The van der Waals surface area contributed by atoms with Gasteiger partial charge in [-0.15, -0.1) is 0 Å². The molecule has 0 aromatic heterocycles. The highest BCUT2D eigenvalue weighted by Crippen LogP contribution is 2.08. The summed E-state index contributed by atoms with van der Waals surface area (Å²) in [5.74, 6) is 0.410. The number of esters is 1. The molecule has 0 saturated carbocycles. The van der Waals surface area contributed by atoms with E-state index >= 15 is 0 Å². The lowest BCUT2D eigenvalue weighted by Crippen LogP contribution is -2.30. The largest absolute Gasteiger partial charge is 0.493 e. The van der Waals surface area contributed by atoms with Crippen LogP contribution in [0, 0.1) is 0 Å². The molecule has 0 saturated heterocycles. The number of para-hydroxylation sites is 1. The second-order valence-electron chi connectivity index (χ2n) is 4.28. The molecule has 20 heavy (non-hydrogen) atoms. The number of hydrogen-bond acceptors (Lipinski definition) is 4. The van der Waals surface area contributed by atoms with E-state index in [-0.39, 0.29) is 24.7 Å². The minimum atomic E-state index is -0.285. The summed E-state index contributed by atoms with van der Waals surface area (Å²) in [6.45, 7) is 2.81. The summed E-state index contributed by atoms with van der Waals surface area (Å²) in [6, 6.07) is 9.34. The van der Waals surface area contributed by atoms with Crippen molar-refractivity contribution in [2.75, 3.05) is 26.8 Å². The molecule has 0 bridgehead atoms. The standard InChI is InChI=1S/C15H21NO4/c1-3-19-15(18)9-11-16(2)14(17)10-12-20-13-7-5-4-6-8-13/h4-8H,3,9-12H2,1-2H3. The average molecular weight is 279 g/mol. The van der Waals surface area contributed by atoms with E-state index in [2.05, 4.69) is 0 Å². The summed E-state index contributed by atoms with van der Waals surface area (Å²) in [7, 11) is 1.67. The molecular formula is C15H21NO4. The lowest BCUT2D eigenvalue weighted by molar-refractivity contribution is -0.143. The van der Waals surface area contributed by atoms with E-state index in [9.17, 15) is 9.59 Å². The Labute approximate surface area is 119 Å². The van der Waals surface area contributed by atoms with Gasteiger partial charge in [-0.1, -0.05) is 18.2 Å². The highest BCUT2D eigenvalue weighted by atomic mass is 16.5. The van der Waals surface area contributed by atoms with Crippen molar-refractivity contribution in [3.05, 3.63) is 30.3 Å². The molecule has 0 aliphatic carbocycles. The minimum Gasteiger partial charge on any atom is -0.493 e. The predicted molar refractivity (Wildman–Crippen MR) is 75.4 cm³/mol. The zero-order valence-electron chi connectivity index (χ0n) is 12.0. The SMILES string of the molecule is CCOC(=O)CCN(C)C(=O)CCOc1ccccc1. The third-order valence-corrected chi connectivity index (χ3v) is 2.71. The van der Waals surface area contributed by atoms with Gasteiger partial charge in [0.2, 0.25) is 5.91 Å². The first-order valence-electron chi connectivity index (χ1n) is 6.71. The third-order valence-electron chi connectivity index (χ3n) is 2.71. The van der Waals surface area contributed by atoms with Gasteiger partial charge in [0, 0.05) is 13.6 Å². The van der Waals surface area contributed by atoms with Gasteiger partial charge in [0.1, 0.15) is 5.75 Å². The smallest absolute Gasteiger partial charge is 0.307 e. The van der Waals surface area contributed by atoms with Crippen LogP contribution >= 0.6 is 0 Å². The molecule has 5 nitrogen and oxygen atoms in total. The number of ether oxygens (including phenoxy) is 2. The van der Waals surface area contributed by atoms with Crippen LogP contribution in [0.3, 0.4) is 0 Å². The molecule has 0 spiro atoms. The van der Waals surface area contributed by atoms with Crippen LogP contribution in [0.4, 0.5) is 0 Å². The van der Waals surface area contributed by atoms with Crippen LogP contribution in [0.1, 0.15) is 19.8 Å². The van der Waals surface area contributed by atoms with Crippen LogP contribution in [0.5, 0.6) is 5.75 Å². The number of hydrogen-bond donors (Lipinski definition) is 0. The Bertz CT molecular complexity index is 419. The topological polar surface area (TPSA) is 55.8 Å². The number of nitrogens with zero attached hydrogens (tertiary/aromatic N) is 1. The Morgan fingerprint density at radius 1 is 1.15 bits per heavy atom. The molecule has 1 aromatic carbocycles. The minimum absolute atomic E-state index is 0.0507. The van der Waals surface area contributed by atoms with Gasteiger partial charge in [0.25, 0.3) is 0 Å². The van der Waals surface area contributed by atoms with Crippen LogP contribution < -0.4 is 4.74 Å². The van der Waals surface area contributed by atoms with Gasteiger partial charge < -0.3 is 14.4 Å². The van der Waals surface area contributed by atoms with Gasteiger partial charge in [0.05, 0.1) is 26.1 Å². The van der Waals surface area contributed by atoms with Gasteiger partial charge in [0.15, 0.2) is 0 Å². The number of amides is 1. The van der Waals surface area contributed by atoms with E-state index in [1.165, 1.54) is 4.90 Å². The fourth-order valence-corrected chi connectivity index (χ4v) is 1.58. The van der Waals surface area contributed by atoms with E-state index in [4.69, 9.17) is 9.47 Å². The second-order valence-corrected chi connectivity index (χ2v) is 4.28. The first-order chi connectivity index (χ1) is 9.63. The van der Waals surface area contributed by atoms with E-state index in [1.807, 2.05) is 30.3 Å². The van der Waals surface area contributed by atoms with E-state index < -0.39 is 0 Å². The van der Waals surface area contributed by atoms with E-state index in [1.54, 1.807) is 14.0 Å². The van der Waals surface area contributed by atoms with Crippen molar-refractivity contribution in [1.29, 1.82) is 0 Å². The maximum Gasteiger partial charge on any atom is 0.307 e. The molecule has 110 valence electrons. The Balaban J connectivity index is 2.20. The Morgan fingerprint density at radius 2 is 1.85 bits per heavy atom. The summed E-state index contributed by atoms with van der Waals surface area (Å²) in [4.78, 5) is 24.5. The van der Waals surface area contributed by atoms with Gasteiger partial charge in [-0.05, 0) is 19.1 Å². The molecule has 5 heteroatoms. The van der Waals surface area contributed by atoms with Crippen LogP contribution in [-0.4, -0.2) is 43.6 Å². The molecule has 0 unspecified atom stereocenters. The maximum atomic E-state index is 11.8. The van der Waals surface area contributed by atoms with Crippen molar-refractivity contribution in [1.82, 2.24) is 4.90 Å². The van der Waals surface area contributed by atoms with Crippen LogP contribution in [-0.2, 0) is 14.3 Å². The molecular weight excluding hydrogens is 258 g/mol. The van der Waals surface area contributed by atoms with Crippen molar-refractivity contribution in [3.8, 4) is 5.75 Å². The van der Waals surface area contributed by atoms with Crippen LogP contribution in [0.2, 0.25) is 0 Å². The van der Waals surface area contributed by atoms with Crippen molar-refractivity contribution >= 4 is 11.9 Å². The molecule has 0 fully saturated rings. The van der Waals surface area contributed by atoms with Gasteiger partial charge in [-0.2, -0.15) is 0 Å². The van der Waals surface area contributed by atoms with E-state index in [0.29, 0.717) is 19.8 Å². The normalized spacial score (nSPS) is 9.90. The summed E-state index contributed by atoms with van der Waals surface area (Å²) < 4.78 is 10.3. The first kappa shape index (κ1) is 16.0. The fraction of sp³-hybridized carbons (Fsp3) is 0.467. The van der Waals surface area contributed by atoms with Gasteiger partial charge in [-0.3, -0.25) is 9.59 Å². The van der Waals surface area contributed by atoms with Crippen molar-refractivity contribution in [2.24, 2.45) is 0 Å². The first-order valence-corrected chi connectivity index (χ1v) is 6.71. The fourth-order valence-electron chi connectivity index (χ4n) is 1.58. The lowest BCUT2D eigenvalue weighted by Gasteiger charge is -2.16. The third kappa shape index (κ3) is 6.22. The van der Waals surface area contributed by atoms with Crippen molar-refractivity contribution in [3.63, 3.8) is 0 Å². The van der Waals surface area contributed by atoms with Crippen molar-refractivity contribution < 1.29 is 19.1 Å². The summed E-state index contributed by atoms with van der Waals surface area (Å²) >= 11 is 0. The lowest BCUT2D eigenvalue weighted by atomic mass is 10.3. The second kappa shape index (κ2) is 8.96. The number of benzene rings is 1. The predicted octanol–water partition coefficient (Wildman–Crippen LogP) is 1.87. The monoisotopic (exact) mass is 279 g/mol. The molecule has 1 amide bonds. The Hall–Kier alpha value is -2.04. The molecule has 0 radical (unpaired) electrons. The van der Waals surface area contributed by atoms with Crippen LogP contribution in [0.25, 0.3) is 0 Å². The quantitative estimate of drug-likeness (QED) is 0.682. The summed E-state index contributed by atoms with van der Waals surface area (Å²) in [5, 5.41) is 0. The highest BCUT2D eigenvalue weighted by molar-refractivity contribution is 5.77. The maximum absolute atomic E-state index is 11.8. The molecule has 0 aliphatic rings.